The lowest BCUT2D eigenvalue weighted by Crippen LogP contribution is -2.11. The number of aromatic nitrogens is 2. The molecule has 3 N–H and O–H groups in total. The summed E-state index contributed by atoms with van der Waals surface area (Å²) in [5, 5.41) is 3.76. The van der Waals surface area contributed by atoms with Gasteiger partial charge in [0.1, 0.15) is 15.5 Å². The standard InChI is InChI=1S/C25H22N4O2S3/c1-3-11-32-25-29-19-9-7-15(13-20(19)33-25)27-23(30)22-21(26)17-8-10-18(28-24(17)34-22)14-5-4-6-16(12-14)31-2/h4-10,12-13H,3,11,26H2,1-2H3,(H,27,30). The first-order chi connectivity index (χ1) is 16.6. The minimum Gasteiger partial charge on any atom is -0.497 e. The normalized spacial score (nSPS) is 11.2. The van der Waals surface area contributed by atoms with Crippen LogP contribution in [0.1, 0.15) is 23.0 Å². The number of thioether (sulfide) groups is 1. The number of carbonyl (C=O) groups is 1. The van der Waals surface area contributed by atoms with E-state index < -0.39 is 0 Å². The highest BCUT2D eigenvalue weighted by molar-refractivity contribution is 8.01. The Morgan fingerprint density at radius 2 is 2.00 bits per heavy atom. The van der Waals surface area contributed by atoms with Crippen LogP contribution in [0.3, 0.4) is 0 Å². The number of hydrogen-bond donors (Lipinski definition) is 2. The van der Waals surface area contributed by atoms with Crippen molar-refractivity contribution in [2.75, 3.05) is 23.9 Å². The van der Waals surface area contributed by atoms with Crippen LogP contribution in [0.4, 0.5) is 11.4 Å². The first-order valence-electron chi connectivity index (χ1n) is 10.7. The maximum atomic E-state index is 13.1. The largest absolute Gasteiger partial charge is 0.497 e. The van der Waals surface area contributed by atoms with E-state index in [-0.39, 0.29) is 5.91 Å². The second-order valence-electron chi connectivity index (χ2n) is 7.59. The number of thiazole rings is 1. The minimum atomic E-state index is -0.243. The molecule has 0 aliphatic heterocycles. The van der Waals surface area contributed by atoms with E-state index in [0.29, 0.717) is 10.6 Å². The van der Waals surface area contributed by atoms with Crippen molar-refractivity contribution in [2.45, 2.75) is 17.7 Å². The molecule has 172 valence electrons. The summed E-state index contributed by atoms with van der Waals surface area (Å²) in [4.78, 5) is 23.7. The lowest BCUT2D eigenvalue weighted by atomic mass is 10.1. The van der Waals surface area contributed by atoms with Gasteiger partial charge in [-0.25, -0.2) is 9.97 Å². The zero-order valence-corrected chi connectivity index (χ0v) is 21.1. The number of thiophene rings is 1. The molecule has 9 heteroatoms. The summed E-state index contributed by atoms with van der Waals surface area (Å²) in [6.45, 7) is 2.16. The van der Waals surface area contributed by atoms with Gasteiger partial charge in [-0.1, -0.05) is 30.8 Å². The molecule has 5 aromatic rings. The van der Waals surface area contributed by atoms with Crippen LogP contribution in [0, 0.1) is 0 Å². The second kappa shape index (κ2) is 9.61. The molecular weight excluding hydrogens is 485 g/mol. The van der Waals surface area contributed by atoms with E-state index in [0.717, 1.165) is 59.6 Å². The van der Waals surface area contributed by atoms with Gasteiger partial charge in [-0.3, -0.25) is 4.79 Å². The van der Waals surface area contributed by atoms with Gasteiger partial charge in [-0.2, -0.15) is 0 Å². The first kappa shape index (κ1) is 22.6. The van der Waals surface area contributed by atoms with Gasteiger partial charge in [0, 0.05) is 22.4 Å². The summed E-state index contributed by atoms with van der Waals surface area (Å²) in [6.07, 6.45) is 1.11. The van der Waals surface area contributed by atoms with Gasteiger partial charge < -0.3 is 15.8 Å². The molecule has 3 heterocycles. The van der Waals surface area contributed by atoms with Gasteiger partial charge in [0.15, 0.2) is 4.34 Å². The highest BCUT2D eigenvalue weighted by Gasteiger charge is 2.18. The lowest BCUT2D eigenvalue weighted by Gasteiger charge is -2.04. The van der Waals surface area contributed by atoms with Crippen LogP contribution in [-0.2, 0) is 0 Å². The highest BCUT2D eigenvalue weighted by Crippen LogP contribution is 2.36. The van der Waals surface area contributed by atoms with E-state index in [4.69, 9.17) is 15.5 Å². The Balaban J connectivity index is 1.41. The van der Waals surface area contributed by atoms with Crippen molar-refractivity contribution in [1.29, 1.82) is 0 Å². The van der Waals surface area contributed by atoms with Crippen LogP contribution in [-0.4, -0.2) is 28.7 Å². The molecule has 3 aromatic heterocycles. The van der Waals surface area contributed by atoms with E-state index in [1.54, 1.807) is 30.2 Å². The third-order valence-electron chi connectivity index (χ3n) is 5.22. The molecule has 0 radical (unpaired) electrons. The van der Waals surface area contributed by atoms with Crippen LogP contribution >= 0.6 is 34.4 Å². The SMILES string of the molecule is CCCSc1nc2ccc(NC(=O)c3sc4nc(-c5cccc(OC)c5)ccc4c3N)cc2s1. The molecule has 6 nitrogen and oxygen atoms in total. The fraction of sp³-hybridized carbons (Fsp3) is 0.160. The molecule has 0 spiro atoms. The van der Waals surface area contributed by atoms with Crippen LogP contribution < -0.4 is 15.8 Å². The smallest absolute Gasteiger partial charge is 0.267 e. The monoisotopic (exact) mass is 506 g/mol. The molecule has 0 bridgehead atoms. The van der Waals surface area contributed by atoms with E-state index in [2.05, 4.69) is 17.2 Å². The predicted octanol–water partition coefficient (Wildman–Crippen LogP) is 6.92. The van der Waals surface area contributed by atoms with Crippen molar-refractivity contribution < 1.29 is 9.53 Å². The molecule has 0 unspecified atom stereocenters. The molecule has 2 aromatic carbocycles. The quantitative estimate of drug-likeness (QED) is 0.233. The number of fused-ring (bicyclic) bond motifs is 2. The lowest BCUT2D eigenvalue weighted by molar-refractivity contribution is 0.103. The third kappa shape index (κ3) is 4.46. The van der Waals surface area contributed by atoms with Crippen molar-refractivity contribution in [2.24, 2.45) is 0 Å². The Labute approximate surface area is 209 Å². The van der Waals surface area contributed by atoms with Crippen LogP contribution in [0.2, 0.25) is 0 Å². The number of anilines is 2. The molecule has 0 aliphatic rings. The van der Waals surface area contributed by atoms with Crippen molar-refractivity contribution >= 4 is 72.2 Å². The van der Waals surface area contributed by atoms with Gasteiger partial charge in [-0.05, 0) is 48.9 Å². The summed E-state index contributed by atoms with van der Waals surface area (Å²) in [6, 6.07) is 17.3. The van der Waals surface area contributed by atoms with E-state index in [1.807, 2.05) is 54.6 Å². The summed E-state index contributed by atoms with van der Waals surface area (Å²) in [5.74, 6) is 1.56. The summed E-state index contributed by atoms with van der Waals surface area (Å²) in [5.41, 5.74) is 10.2. The maximum absolute atomic E-state index is 13.1. The predicted molar refractivity (Wildman–Crippen MR) is 145 cm³/mol. The fourth-order valence-electron chi connectivity index (χ4n) is 3.53. The van der Waals surface area contributed by atoms with Gasteiger partial charge in [0.2, 0.25) is 0 Å². The van der Waals surface area contributed by atoms with E-state index >= 15 is 0 Å². The Morgan fingerprint density at radius 3 is 2.82 bits per heavy atom. The van der Waals surface area contributed by atoms with Gasteiger partial charge in [0.25, 0.3) is 5.91 Å². The number of amides is 1. The zero-order chi connectivity index (χ0) is 23.7. The second-order valence-corrected chi connectivity index (χ2v) is 11.0. The van der Waals surface area contributed by atoms with Crippen molar-refractivity contribution in [3.63, 3.8) is 0 Å². The topological polar surface area (TPSA) is 90.1 Å². The Kier molecular flexibility index (Phi) is 6.40. The number of nitrogen functional groups attached to an aromatic ring is 1. The van der Waals surface area contributed by atoms with Crippen molar-refractivity contribution in [3.05, 3.63) is 59.5 Å². The number of benzene rings is 2. The Hall–Kier alpha value is -3.14. The molecule has 0 fully saturated rings. The average molecular weight is 507 g/mol. The third-order valence-corrected chi connectivity index (χ3v) is 8.70. The molecule has 34 heavy (non-hydrogen) atoms. The summed E-state index contributed by atoms with van der Waals surface area (Å²) < 4.78 is 7.41. The molecule has 1 amide bonds. The number of nitrogens with one attached hydrogen (secondary N) is 1. The summed E-state index contributed by atoms with van der Waals surface area (Å²) in [7, 11) is 1.64. The van der Waals surface area contributed by atoms with Gasteiger partial charge >= 0.3 is 0 Å². The van der Waals surface area contributed by atoms with Gasteiger partial charge in [-0.15, -0.1) is 22.7 Å². The molecule has 0 atom stereocenters. The highest BCUT2D eigenvalue weighted by atomic mass is 32.2. The van der Waals surface area contributed by atoms with Gasteiger partial charge in [0.05, 0.1) is 28.7 Å². The Bertz CT molecular complexity index is 1510. The zero-order valence-electron chi connectivity index (χ0n) is 18.6. The fourth-order valence-corrected chi connectivity index (χ4v) is 6.55. The van der Waals surface area contributed by atoms with Crippen LogP contribution in [0.5, 0.6) is 5.75 Å². The number of ether oxygens (including phenoxy) is 1. The van der Waals surface area contributed by atoms with Crippen molar-refractivity contribution in [1.82, 2.24) is 9.97 Å². The summed E-state index contributed by atoms with van der Waals surface area (Å²) >= 11 is 4.70. The number of methoxy groups -OCH3 is 1. The minimum absolute atomic E-state index is 0.243. The average Bonchev–Trinajstić information content (AvgIpc) is 3.42. The number of nitrogens with zero attached hydrogens (tertiary/aromatic N) is 2. The van der Waals surface area contributed by atoms with Crippen LogP contribution in [0.25, 0.3) is 31.7 Å². The molecule has 5 rings (SSSR count). The van der Waals surface area contributed by atoms with E-state index in [1.165, 1.54) is 11.3 Å². The number of hydrogen-bond acceptors (Lipinski definition) is 8. The number of rotatable bonds is 7. The Morgan fingerprint density at radius 1 is 1.12 bits per heavy atom. The number of nitrogens with two attached hydrogens (primary N) is 1. The maximum Gasteiger partial charge on any atom is 0.267 e. The molecule has 0 saturated carbocycles. The number of pyridine rings is 1. The molecule has 0 aliphatic carbocycles. The first-order valence-corrected chi connectivity index (χ1v) is 13.4. The number of carbonyl (C=O) groups excluding carboxylic acids is 1. The molecular formula is C25H22N4O2S3. The van der Waals surface area contributed by atoms with E-state index in [9.17, 15) is 4.79 Å². The molecule has 0 saturated heterocycles. The van der Waals surface area contributed by atoms with Crippen LogP contribution in [0.15, 0.2) is 58.9 Å². The van der Waals surface area contributed by atoms with Crippen molar-refractivity contribution in [3.8, 4) is 17.0 Å².